The summed E-state index contributed by atoms with van der Waals surface area (Å²) in [5.74, 6) is -0.568. The lowest BCUT2D eigenvalue weighted by molar-refractivity contribution is -0.148. The van der Waals surface area contributed by atoms with Crippen LogP contribution in [0, 0.1) is 0 Å². The molecule has 1 heterocycles. The first-order valence-electron chi connectivity index (χ1n) is 6.43. The Hall–Kier alpha value is -1.01. The van der Waals surface area contributed by atoms with Crippen molar-refractivity contribution in [2.75, 3.05) is 5.75 Å². The van der Waals surface area contributed by atoms with E-state index in [-0.39, 0.29) is 17.7 Å². The van der Waals surface area contributed by atoms with E-state index in [1.165, 1.54) is 4.90 Å². The van der Waals surface area contributed by atoms with Crippen molar-refractivity contribution in [2.24, 2.45) is 0 Å². The second-order valence-electron chi connectivity index (χ2n) is 4.66. The normalized spacial score (nSPS) is 22.0. The minimum Gasteiger partial charge on any atom is -0.480 e. The van der Waals surface area contributed by atoms with Crippen molar-refractivity contribution < 1.29 is 14.7 Å². The molecule has 6 heteroatoms. The van der Waals surface area contributed by atoms with Crippen molar-refractivity contribution >= 4 is 39.6 Å². The summed E-state index contributed by atoms with van der Waals surface area (Å²) in [5.41, 5.74) is 0.889. The average Bonchev–Trinajstić information content (AvgIpc) is 2.82. The number of carboxylic acid groups (broad SMARTS) is 1. The highest BCUT2D eigenvalue weighted by Gasteiger charge is 2.40. The van der Waals surface area contributed by atoms with E-state index in [2.05, 4.69) is 15.9 Å². The number of carbonyl (C=O) groups excluding carboxylic acids is 1. The number of hydrogen-bond donors (Lipinski definition) is 1. The lowest BCUT2D eigenvalue weighted by Gasteiger charge is -2.26. The van der Waals surface area contributed by atoms with Gasteiger partial charge in [0.15, 0.2) is 0 Å². The molecule has 4 nitrogen and oxygen atoms in total. The zero-order valence-electron chi connectivity index (χ0n) is 11.1. The van der Waals surface area contributed by atoms with Crippen LogP contribution >= 0.6 is 27.7 Å². The van der Waals surface area contributed by atoms with E-state index in [4.69, 9.17) is 0 Å². The maximum atomic E-state index is 12.4. The molecule has 2 unspecified atom stereocenters. The number of thioether (sulfide) groups is 1. The lowest BCUT2D eigenvalue weighted by Crippen LogP contribution is -2.46. The molecule has 1 aliphatic rings. The minimum atomic E-state index is -0.920. The molecule has 0 saturated carbocycles. The van der Waals surface area contributed by atoms with Gasteiger partial charge in [0.25, 0.3) is 0 Å². The Morgan fingerprint density at radius 2 is 2.25 bits per heavy atom. The van der Waals surface area contributed by atoms with Gasteiger partial charge in [-0.15, -0.1) is 11.8 Å². The van der Waals surface area contributed by atoms with E-state index in [1.807, 2.05) is 31.2 Å². The Bertz CT molecular complexity index is 523. The number of rotatable bonds is 4. The third-order valence-corrected chi connectivity index (χ3v) is 5.21. The molecule has 1 fully saturated rings. The van der Waals surface area contributed by atoms with Crippen LogP contribution in [0.3, 0.4) is 0 Å². The summed E-state index contributed by atoms with van der Waals surface area (Å²) in [6, 6.07) is 6.83. The third kappa shape index (κ3) is 3.35. The van der Waals surface area contributed by atoms with Crippen molar-refractivity contribution in [3.63, 3.8) is 0 Å². The predicted octanol–water partition coefficient (Wildman–Crippen LogP) is 2.76. The maximum Gasteiger partial charge on any atom is 0.327 e. The number of benzene rings is 1. The number of carboxylic acids is 1. The van der Waals surface area contributed by atoms with Gasteiger partial charge in [-0.1, -0.05) is 35.0 Å². The molecular formula is C14H16BrNO3S. The number of carbonyl (C=O) groups is 2. The molecule has 1 aliphatic heterocycles. The fourth-order valence-corrected chi connectivity index (χ4v) is 4.13. The highest BCUT2D eigenvalue weighted by Crippen LogP contribution is 2.32. The summed E-state index contributed by atoms with van der Waals surface area (Å²) in [5, 5.41) is 9.21. The monoisotopic (exact) mass is 357 g/mol. The topological polar surface area (TPSA) is 57.6 Å². The fraction of sp³-hybridized carbons (Fsp3) is 0.429. The molecule has 0 radical (unpaired) electrons. The van der Waals surface area contributed by atoms with Crippen LogP contribution in [0.1, 0.15) is 18.9 Å². The van der Waals surface area contributed by atoms with Gasteiger partial charge >= 0.3 is 5.97 Å². The van der Waals surface area contributed by atoms with Gasteiger partial charge in [-0.25, -0.2) is 4.79 Å². The smallest absolute Gasteiger partial charge is 0.327 e. The van der Waals surface area contributed by atoms with E-state index < -0.39 is 12.0 Å². The first-order valence-corrected chi connectivity index (χ1v) is 8.27. The summed E-state index contributed by atoms with van der Waals surface area (Å²) in [6.07, 6.45) is 0.999. The average molecular weight is 358 g/mol. The van der Waals surface area contributed by atoms with Gasteiger partial charge in [0.05, 0.1) is 11.8 Å². The standard InChI is InChI=1S/C14H16BrNO3S/c1-2-13-16(11(8-20-13)14(18)19)12(17)7-9-4-3-5-10(15)6-9/h3-6,11,13H,2,7-8H2,1H3,(H,18,19). The number of halogens is 1. The van der Waals surface area contributed by atoms with Gasteiger partial charge in [-0.05, 0) is 24.1 Å². The van der Waals surface area contributed by atoms with Crippen molar-refractivity contribution in [1.29, 1.82) is 0 Å². The summed E-state index contributed by atoms with van der Waals surface area (Å²) in [7, 11) is 0. The molecule has 0 aliphatic carbocycles. The fourth-order valence-electron chi connectivity index (χ4n) is 2.32. The molecule has 2 atom stereocenters. The van der Waals surface area contributed by atoms with Crippen LogP contribution in [0.15, 0.2) is 28.7 Å². The Kier molecular flexibility index (Phi) is 5.10. The molecule has 0 spiro atoms. The van der Waals surface area contributed by atoms with Crippen LogP contribution < -0.4 is 0 Å². The van der Waals surface area contributed by atoms with E-state index in [9.17, 15) is 14.7 Å². The van der Waals surface area contributed by atoms with Crippen LogP contribution in [-0.2, 0) is 16.0 Å². The van der Waals surface area contributed by atoms with Crippen LogP contribution in [0.25, 0.3) is 0 Å². The Balaban J connectivity index is 2.15. The molecule has 1 N–H and O–H groups in total. The first kappa shape index (κ1) is 15.4. The molecule has 2 rings (SSSR count). The van der Waals surface area contributed by atoms with E-state index >= 15 is 0 Å². The zero-order valence-corrected chi connectivity index (χ0v) is 13.5. The minimum absolute atomic E-state index is 0.0317. The van der Waals surface area contributed by atoms with E-state index in [1.54, 1.807) is 11.8 Å². The Morgan fingerprint density at radius 1 is 1.50 bits per heavy atom. The largest absolute Gasteiger partial charge is 0.480 e. The Labute approximate surface area is 130 Å². The predicted molar refractivity (Wildman–Crippen MR) is 82.7 cm³/mol. The highest BCUT2D eigenvalue weighted by molar-refractivity contribution is 9.10. The summed E-state index contributed by atoms with van der Waals surface area (Å²) in [6.45, 7) is 1.97. The zero-order chi connectivity index (χ0) is 14.7. The highest BCUT2D eigenvalue weighted by atomic mass is 79.9. The summed E-state index contributed by atoms with van der Waals surface area (Å²) < 4.78 is 0.917. The molecule has 0 bridgehead atoms. The second kappa shape index (κ2) is 6.63. The lowest BCUT2D eigenvalue weighted by atomic mass is 10.1. The van der Waals surface area contributed by atoms with Gasteiger partial charge in [0.2, 0.25) is 5.91 Å². The molecule has 20 heavy (non-hydrogen) atoms. The number of nitrogens with zero attached hydrogens (tertiary/aromatic N) is 1. The van der Waals surface area contributed by atoms with Crippen molar-refractivity contribution in [3.05, 3.63) is 34.3 Å². The molecule has 1 aromatic rings. The number of amides is 1. The Morgan fingerprint density at radius 3 is 2.85 bits per heavy atom. The molecule has 1 aromatic carbocycles. The quantitative estimate of drug-likeness (QED) is 0.899. The van der Waals surface area contributed by atoms with Gasteiger partial charge in [0.1, 0.15) is 6.04 Å². The maximum absolute atomic E-state index is 12.4. The molecule has 1 amide bonds. The molecule has 1 saturated heterocycles. The summed E-state index contributed by atoms with van der Waals surface area (Å²) >= 11 is 4.92. The SMILES string of the molecule is CCC1SCC(C(=O)O)N1C(=O)Cc1cccc(Br)c1. The van der Waals surface area contributed by atoms with Crippen LogP contribution in [0.4, 0.5) is 0 Å². The number of aliphatic carboxylic acids is 1. The first-order chi connectivity index (χ1) is 9.52. The molecule has 0 aromatic heterocycles. The van der Waals surface area contributed by atoms with Crippen LogP contribution in [-0.4, -0.2) is 39.1 Å². The summed E-state index contributed by atoms with van der Waals surface area (Å²) in [4.78, 5) is 25.2. The van der Waals surface area contributed by atoms with E-state index in [0.29, 0.717) is 5.75 Å². The van der Waals surface area contributed by atoms with Gasteiger partial charge < -0.3 is 10.0 Å². The van der Waals surface area contributed by atoms with Crippen molar-refractivity contribution in [2.45, 2.75) is 31.2 Å². The van der Waals surface area contributed by atoms with Crippen molar-refractivity contribution in [3.8, 4) is 0 Å². The van der Waals surface area contributed by atoms with Crippen molar-refractivity contribution in [1.82, 2.24) is 4.90 Å². The number of hydrogen-bond acceptors (Lipinski definition) is 3. The van der Waals surface area contributed by atoms with E-state index in [0.717, 1.165) is 16.5 Å². The molecular weight excluding hydrogens is 342 g/mol. The third-order valence-electron chi connectivity index (χ3n) is 3.26. The van der Waals surface area contributed by atoms with Crippen LogP contribution in [0.5, 0.6) is 0 Å². The van der Waals surface area contributed by atoms with Gasteiger partial charge in [-0.3, -0.25) is 4.79 Å². The van der Waals surface area contributed by atoms with Crippen LogP contribution in [0.2, 0.25) is 0 Å². The molecule has 108 valence electrons. The van der Waals surface area contributed by atoms with Gasteiger partial charge in [0, 0.05) is 10.2 Å². The second-order valence-corrected chi connectivity index (χ2v) is 6.78. The van der Waals surface area contributed by atoms with Gasteiger partial charge in [-0.2, -0.15) is 0 Å².